The van der Waals surface area contributed by atoms with Crippen molar-refractivity contribution in [1.29, 1.82) is 0 Å². The van der Waals surface area contributed by atoms with Gasteiger partial charge >= 0.3 is 0 Å². The van der Waals surface area contributed by atoms with Crippen molar-refractivity contribution >= 4 is 0 Å². The Bertz CT molecular complexity index is 71.3. The second kappa shape index (κ2) is 8.06. The van der Waals surface area contributed by atoms with Crippen LogP contribution in [0, 0.1) is 5.92 Å². The lowest BCUT2D eigenvalue weighted by molar-refractivity contribution is 0.185. The van der Waals surface area contributed by atoms with E-state index in [4.69, 9.17) is 0 Å². The highest BCUT2D eigenvalue weighted by molar-refractivity contribution is 4.52. The van der Waals surface area contributed by atoms with Crippen molar-refractivity contribution in [2.45, 2.75) is 52.4 Å². The predicted molar refractivity (Wildman–Crippen MR) is 48.1 cm³/mol. The van der Waals surface area contributed by atoms with Crippen molar-refractivity contribution in [3.63, 3.8) is 0 Å². The maximum atomic E-state index is 10.1. The highest BCUT2D eigenvalue weighted by Crippen LogP contribution is 2.13. The molecule has 0 heterocycles. The van der Waals surface area contributed by atoms with Crippen LogP contribution in [0.5, 0.6) is 0 Å². The lowest BCUT2D eigenvalue weighted by Crippen LogP contribution is -1.93. The minimum Gasteiger partial charge on any atom is -0.237 e. The van der Waals surface area contributed by atoms with E-state index in [-0.39, 0.29) is 6.61 Å². The Balaban J connectivity index is 2.97. The fourth-order valence-corrected chi connectivity index (χ4v) is 1.41. The molecule has 67 valence electrons. The minimum atomic E-state index is 0.113. The highest BCUT2D eigenvalue weighted by atomic mass is 16.2. The van der Waals surface area contributed by atoms with Crippen LogP contribution in [0.1, 0.15) is 52.4 Å². The van der Waals surface area contributed by atoms with Crippen molar-refractivity contribution in [2.24, 2.45) is 5.92 Å². The molecule has 0 bridgehead atoms. The molecule has 0 fully saturated rings. The van der Waals surface area contributed by atoms with Crippen LogP contribution in [0.2, 0.25) is 0 Å². The van der Waals surface area contributed by atoms with E-state index in [1.807, 2.05) is 0 Å². The zero-order valence-electron chi connectivity index (χ0n) is 7.94. The summed E-state index contributed by atoms with van der Waals surface area (Å²) in [6.07, 6.45) is 7.22. The summed E-state index contributed by atoms with van der Waals surface area (Å²) in [6, 6.07) is 0. The summed E-state index contributed by atoms with van der Waals surface area (Å²) in [4.78, 5) is 0. The average Bonchev–Trinajstić information content (AvgIpc) is 1.99. The van der Waals surface area contributed by atoms with Crippen LogP contribution < -0.4 is 0 Å². The number of rotatable bonds is 7. The lowest BCUT2D eigenvalue weighted by Gasteiger charge is -2.08. The maximum Gasteiger partial charge on any atom is 0.0822 e. The first-order valence-corrected chi connectivity index (χ1v) is 4.89. The summed E-state index contributed by atoms with van der Waals surface area (Å²) in [7, 11) is 0. The minimum absolute atomic E-state index is 0.113. The fourth-order valence-electron chi connectivity index (χ4n) is 1.41. The van der Waals surface area contributed by atoms with Gasteiger partial charge in [-0.1, -0.05) is 46.0 Å². The molecule has 0 aromatic rings. The Hall–Kier alpha value is -0.0400. The maximum absolute atomic E-state index is 10.1. The standard InChI is InChI=1S/C10H21O/c1-3-7-10(2)8-5-4-6-9-11/h10H,3-9H2,1-2H3. The third-order valence-corrected chi connectivity index (χ3v) is 2.12. The van der Waals surface area contributed by atoms with Gasteiger partial charge in [-0.15, -0.1) is 0 Å². The molecular weight excluding hydrogens is 136 g/mol. The van der Waals surface area contributed by atoms with E-state index >= 15 is 0 Å². The van der Waals surface area contributed by atoms with E-state index in [0.29, 0.717) is 0 Å². The average molecular weight is 157 g/mol. The molecule has 11 heavy (non-hydrogen) atoms. The summed E-state index contributed by atoms with van der Waals surface area (Å²) in [5, 5.41) is 10.1. The summed E-state index contributed by atoms with van der Waals surface area (Å²) < 4.78 is 0. The van der Waals surface area contributed by atoms with Gasteiger partial charge in [0.2, 0.25) is 0 Å². The Morgan fingerprint density at radius 1 is 1.09 bits per heavy atom. The van der Waals surface area contributed by atoms with E-state index < -0.39 is 0 Å². The molecule has 1 unspecified atom stereocenters. The molecule has 0 aliphatic carbocycles. The van der Waals surface area contributed by atoms with Gasteiger partial charge in [-0.25, -0.2) is 5.11 Å². The van der Waals surface area contributed by atoms with Gasteiger partial charge in [0.1, 0.15) is 0 Å². The van der Waals surface area contributed by atoms with Crippen LogP contribution in [0.15, 0.2) is 0 Å². The molecule has 0 aliphatic heterocycles. The monoisotopic (exact) mass is 157 g/mol. The lowest BCUT2D eigenvalue weighted by atomic mass is 9.99. The fraction of sp³-hybridized carbons (Fsp3) is 1.00. The Morgan fingerprint density at radius 2 is 1.82 bits per heavy atom. The van der Waals surface area contributed by atoms with Crippen LogP contribution in [-0.4, -0.2) is 6.61 Å². The highest BCUT2D eigenvalue weighted by Gasteiger charge is 1.99. The SMILES string of the molecule is CCCC(C)CCCCC[O]. The van der Waals surface area contributed by atoms with Gasteiger partial charge < -0.3 is 0 Å². The second-order valence-electron chi connectivity index (χ2n) is 3.45. The van der Waals surface area contributed by atoms with E-state index in [0.717, 1.165) is 18.8 Å². The van der Waals surface area contributed by atoms with Crippen LogP contribution in [0.3, 0.4) is 0 Å². The molecule has 0 saturated heterocycles. The third-order valence-electron chi connectivity index (χ3n) is 2.12. The van der Waals surface area contributed by atoms with Gasteiger partial charge in [0.15, 0.2) is 0 Å². The molecule has 0 N–H and O–H groups in total. The topological polar surface area (TPSA) is 19.9 Å². The molecular formula is C10H21O. The summed E-state index contributed by atoms with van der Waals surface area (Å²) in [5.41, 5.74) is 0. The third kappa shape index (κ3) is 7.86. The Morgan fingerprint density at radius 3 is 2.36 bits per heavy atom. The molecule has 0 aromatic heterocycles. The molecule has 1 heteroatoms. The molecule has 0 rings (SSSR count). The van der Waals surface area contributed by atoms with Gasteiger partial charge in [0.25, 0.3) is 0 Å². The van der Waals surface area contributed by atoms with E-state index in [1.165, 1.54) is 25.7 Å². The second-order valence-corrected chi connectivity index (χ2v) is 3.45. The number of hydrogen-bond acceptors (Lipinski definition) is 0. The van der Waals surface area contributed by atoms with Crippen molar-refractivity contribution in [3.05, 3.63) is 0 Å². The number of unbranched alkanes of at least 4 members (excludes halogenated alkanes) is 2. The molecule has 0 aromatic carbocycles. The first-order valence-electron chi connectivity index (χ1n) is 4.89. The normalized spacial score (nSPS) is 13.4. The molecule has 0 amide bonds. The van der Waals surface area contributed by atoms with Crippen LogP contribution in [-0.2, 0) is 5.11 Å². The van der Waals surface area contributed by atoms with Crippen molar-refractivity contribution in [2.75, 3.05) is 6.61 Å². The summed E-state index contributed by atoms with van der Waals surface area (Å²) >= 11 is 0. The quantitative estimate of drug-likeness (QED) is 0.505. The van der Waals surface area contributed by atoms with Crippen molar-refractivity contribution in [3.8, 4) is 0 Å². The van der Waals surface area contributed by atoms with Gasteiger partial charge in [0.05, 0.1) is 6.61 Å². The molecule has 1 nitrogen and oxygen atoms in total. The predicted octanol–water partition coefficient (Wildman–Crippen LogP) is 3.41. The van der Waals surface area contributed by atoms with E-state index in [9.17, 15) is 5.11 Å². The molecule has 1 radical (unpaired) electrons. The van der Waals surface area contributed by atoms with Crippen molar-refractivity contribution < 1.29 is 5.11 Å². The van der Waals surface area contributed by atoms with Crippen LogP contribution >= 0.6 is 0 Å². The van der Waals surface area contributed by atoms with Gasteiger partial charge in [-0.3, -0.25) is 0 Å². The zero-order chi connectivity index (χ0) is 8.53. The first-order chi connectivity index (χ1) is 5.31. The molecule has 0 saturated carbocycles. The first kappa shape index (κ1) is 11.0. The Kier molecular flexibility index (Phi) is 8.03. The van der Waals surface area contributed by atoms with Gasteiger partial charge in [-0.2, -0.15) is 0 Å². The zero-order valence-corrected chi connectivity index (χ0v) is 7.94. The van der Waals surface area contributed by atoms with Crippen LogP contribution in [0.25, 0.3) is 0 Å². The van der Waals surface area contributed by atoms with Gasteiger partial charge in [-0.05, 0) is 12.3 Å². The van der Waals surface area contributed by atoms with E-state index in [2.05, 4.69) is 13.8 Å². The Labute approximate surface area is 70.8 Å². The summed E-state index contributed by atoms with van der Waals surface area (Å²) in [6.45, 7) is 4.65. The molecule has 1 atom stereocenters. The van der Waals surface area contributed by atoms with E-state index in [1.54, 1.807) is 0 Å². The largest absolute Gasteiger partial charge is 0.237 e. The number of hydrogen-bond donors (Lipinski definition) is 0. The molecule has 0 spiro atoms. The molecule has 0 aliphatic rings. The van der Waals surface area contributed by atoms with Crippen molar-refractivity contribution in [1.82, 2.24) is 0 Å². The van der Waals surface area contributed by atoms with Crippen LogP contribution in [0.4, 0.5) is 0 Å². The van der Waals surface area contributed by atoms with Gasteiger partial charge in [0, 0.05) is 0 Å². The smallest absolute Gasteiger partial charge is 0.0822 e. The summed E-state index contributed by atoms with van der Waals surface area (Å²) in [5.74, 6) is 0.867.